The van der Waals surface area contributed by atoms with Crippen LogP contribution in [0.5, 0.6) is 5.75 Å². The molecule has 5 nitrogen and oxygen atoms in total. The predicted octanol–water partition coefficient (Wildman–Crippen LogP) is 3.61. The fourth-order valence-electron chi connectivity index (χ4n) is 4.50. The van der Waals surface area contributed by atoms with Crippen LogP contribution >= 0.6 is 0 Å². The van der Waals surface area contributed by atoms with Crippen molar-refractivity contribution in [1.29, 1.82) is 0 Å². The van der Waals surface area contributed by atoms with Gasteiger partial charge >= 0.3 is 0 Å². The number of carbonyl (C=O) groups excluding carboxylic acids is 1. The van der Waals surface area contributed by atoms with Crippen LogP contribution in [0.1, 0.15) is 51.6 Å². The largest absolute Gasteiger partial charge is 0.508 e. The van der Waals surface area contributed by atoms with Gasteiger partial charge in [-0.15, -0.1) is 0 Å². The Morgan fingerprint density at radius 3 is 2.78 bits per heavy atom. The third kappa shape index (κ3) is 2.61. The molecule has 3 N–H and O–H groups in total. The van der Waals surface area contributed by atoms with Crippen LogP contribution in [0.15, 0.2) is 36.4 Å². The van der Waals surface area contributed by atoms with Crippen molar-refractivity contribution >= 4 is 16.8 Å². The minimum absolute atomic E-state index is 0.0736. The quantitative estimate of drug-likeness (QED) is 0.667. The molecule has 0 bridgehead atoms. The number of fused-ring (bicyclic) bond motifs is 2. The van der Waals surface area contributed by atoms with Gasteiger partial charge in [-0.3, -0.25) is 9.69 Å². The molecule has 5 rings (SSSR count). The molecule has 27 heavy (non-hydrogen) atoms. The zero-order chi connectivity index (χ0) is 18.5. The number of amides is 1. The van der Waals surface area contributed by atoms with E-state index in [4.69, 9.17) is 0 Å². The molecule has 2 aliphatic rings. The molecule has 1 amide bonds. The van der Waals surface area contributed by atoms with E-state index in [1.807, 2.05) is 19.1 Å². The molecule has 2 aliphatic heterocycles. The number of rotatable bonds is 3. The van der Waals surface area contributed by atoms with Crippen LogP contribution in [0.2, 0.25) is 0 Å². The summed E-state index contributed by atoms with van der Waals surface area (Å²) in [4.78, 5) is 18.7. The molecule has 138 valence electrons. The van der Waals surface area contributed by atoms with Gasteiger partial charge in [0.2, 0.25) is 0 Å². The molecule has 3 aromatic rings. The van der Waals surface area contributed by atoms with Crippen molar-refractivity contribution in [2.45, 2.75) is 32.4 Å². The van der Waals surface area contributed by atoms with E-state index in [1.54, 1.807) is 12.1 Å². The lowest BCUT2D eigenvalue weighted by Crippen LogP contribution is -2.23. The molecule has 0 aliphatic carbocycles. The van der Waals surface area contributed by atoms with Crippen LogP contribution in [0.3, 0.4) is 0 Å². The molecule has 3 heterocycles. The summed E-state index contributed by atoms with van der Waals surface area (Å²) in [5.74, 6) is 0.159. The number of likely N-dealkylation sites (tertiary alicyclic amines) is 1. The molecule has 1 atom stereocenters. The number of hydrogen-bond donors (Lipinski definition) is 3. The average molecular weight is 361 g/mol. The van der Waals surface area contributed by atoms with Crippen molar-refractivity contribution in [2.75, 3.05) is 13.1 Å². The molecular weight excluding hydrogens is 338 g/mol. The Balaban J connectivity index is 1.67. The van der Waals surface area contributed by atoms with Crippen molar-refractivity contribution in [3.63, 3.8) is 0 Å². The molecule has 0 radical (unpaired) electrons. The van der Waals surface area contributed by atoms with Crippen LogP contribution in [0.4, 0.5) is 0 Å². The summed E-state index contributed by atoms with van der Waals surface area (Å²) in [6.45, 7) is 4.90. The molecule has 1 saturated heterocycles. The highest BCUT2D eigenvalue weighted by Crippen LogP contribution is 2.39. The second-order valence-electron chi connectivity index (χ2n) is 7.68. The highest BCUT2D eigenvalue weighted by molar-refractivity contribution is 6.01. The number of aromatic nitrogens is 1. The van der Waals surface area contributed by atoms with Crippen LogP contribution in [-0.2, 0) is 6.54 Å². The number of hydrogen-bond acceptors (Lipinski definition) is 3. The molecular formula is C22H23N3O2. The minimum Gasteiger partial charge on any atom is -0.508 e. The standard InChI is InChI=1S/C22H23N3O2/c1-13-10-16-15(11-19(13)26)21(24-22(16)27)20-14-6-2-3-7-17(14)23-18(20)12-25-8-4-5-9-25/h2-3,6-7,10-11,21,23,26H,4-5,8-9,12H2,1H3,(H,24,27)/t21-/m1/s1. The Morgan fingerprint density at radius 1 is 1.19 bits per heavy atom. The molecule has 1 aromatic heterocycles. The van der Waals surface area contributed by atoms with E-state index in [0.29, 0.717) is 5.56 Å². The van der Waals surface area contributed by atoms with E-state index in [-0.39, 0.29) is 17.7 Å². The number of aromatic hydroxyl groups is 1. The smallest absolute Gasteiger partial charge is 0.252 e. The van der Waals surface area contributed by atoms with Gasteiger partial charge in [0.05, 0.1) is 6.04 Å². The van der Waals surface area contributed by atoms with E-state index >= 15 is 0 Å². The van der Waals surface area contributed by atoms with Gasteiger partial charge in [-0.05, 0) is 62.2 Å². The first-order valence-electron chi connectivity index (χ1n) is 9.58. The Morgan fingerprint density at radius 2 is 1.96 bits per heavy atom. The number of benzene rings is 2. The second kappa shape index (κ2) is 6.13. The van der Waals surface area contributed by atoms with E-state index in [0.717, 1.165) is 52.9 Å². The maximum absolute atomic E-state index is 12.6. The van der Waals surface area contributed by atoms with Crippen molar-refractivity contribution in [1.82, 2.24) is 15.2 Å². The number of phenolic OH excluding ortho intramolecular Hbond substituents is 1. The van der Waals surface area contributed by atoms with E-state index in [1.165, 1.54) is 12.8 Å². The van der Waals surface area contributed by atoms with E-state index in [2.05, 4.69) is 27.3 Å². The van der Waals surface area contributed by atoms with Crippen LogP contribution in [-0.4, -0.2) is 34.0 Å². The van der Waals surface area contributed by atoms with Gasteiger partial charge in [-0.1, -0.05) is 18.2 Å². The first kappa shape index (κ1) is 16.4. The lowest BCUT2D eigenvalue weighted by Gasteiger charge is -2.19. The highest BCUT2D eigenvalue weighted by Gasteiger charge is 2.34. The summed E-state index contributed by atoms with van der Waals surface area (Å²) in [6.07, 6.45) is 2.48. The number of phenols is 1. The van der Waals surface area contributed by atoms with Crippen LogP contribution in [0.25, 0.3) is 10.9 Å². The normalized spacial score (nSPS) is 19.6. The van der Waals surface area contributed by atoms with Gasteiger partial charge in [-0.25, -0.2) is 0 Å². The number of aryl methyl sites for hydroxylation is 1. The molecule has 0 saturated carbocycles. The topological polar surface area (TPSA) is 68.4 Å². The molecule has 2 aromatic carbocycles. The zero-order valence-corrected chi connectivity index (χ0v) is 15.4. The van der Waals surface area contributed by atoms with Crippen molar-refractivity contribution in [3.8, 4) is 5.75 Å². The van der Waals surface area contributed by atoms with Gasteiger partial charge in [0.15, 0.2) is 0 Å². The molecule has 5 heteroatoms. The first-order valence-corrected chi connectivity index (χ1v) is 9.58. The third-order valence-corrected chi connectivity index (χ3v) is 5.90. The maximum atomic E-state index is 12.6. The Hall–Kier alpha value is -2.79. The first-order chi connectivity index (χ1) is 13.1. The Kier molecular flexibility index (Phi) is 3.72. The maximum Gasteiger partial charge on any atom is 0.252 e. The van der Waals surface area contributed by atoms with Crippen molar-refractivity contribution < 1.29 is 9.90 Å². The number of aromatic amines is 1. The van der Waals surface area contributed by atoms with Gasteiger partial charge in [-0.2, -0.15) is 0 Å². The number of nitrogens with zero attached hydrogens (tertiary/aromatic N) is 1. The number of para-hydroxylation sites is 1. The van der Waals surface area contributed by atoms with E-state index in [9.17, 15) is 9.90 Å². The molecule has 0 spiro atoms. The van der Waals surface area contributed by atoms with Gasteiger partial charge in [0.25, 0.3) is 5.91 Å². The fraction of sp³-hybridized carbons (Fsp3) is 0.318. The lowest BCUT2D eigenvalue weighted by atomic mass is 9.94. The number of carbonyl (C=O) groups is 1. The SMILES string of the molecule is Cc1cc2c(cc1O)[C@H](c1c(CN3CCCC3)[nH]c3ccccc13)NC2=O. The van der Waals surface area contributed by atoms with Crippen LogP contribution in [0, 0.1) is 6.92 Å². The monoisotopic (exact) mass is 361 g/mol. The third-order valence-electron chi connectivity index (χ3n) is 5.90. The summed E-state index contributed by atoms with van der Waals surface area (Å²) in [6, 6.07) is 11.5. The minimum atomic E-state index is -0.243. The van der Waals surface area contributed by atoms with Gasteiger partial charge in [0, 0.05) is 34.3 Å². The van der Waals surface area contributed by atoms with Crippen LogP contribution < -0.4 is 5.32 Å². The summed E-state index contributed by atoms with van der Waals surface area (Å²) in [5, 5.41) is 14.5. The summed E-state index contributed by atoms with van der Waals surface area (Å²) in [7, 11) is 0. The fourth-order valence-corrected chi connectivity index (χ4v) is 4.50. The lowest BCUT2D eigenvalue weighted by molar-refractivity contribution is 0.0960. The van der Waals surface area contributed by atoms with Crippen molar-refractivity contribution in [3.05, 3.63) is 64.3 Å². The summed E-state index contributed by atoms with van der Waals surface area (Å²) < 4.78 is 0. The van der Waals surface area contributed by atoms with Gasteiger partial charge in [0.1, 0.15) is 5.75 Å². The number of H-pyrrole nitrogens is 1. The summed E-state index contributed by atoms with van der Waals surface area (Å²) >= 11 is 0. The van der Waals surface area contributed by atoms with E-state index < -0.39 is 0 Å². The second-order valence-corrected chi connectivity index (χ2v) is 7.68. The molecule has 1 fully saturated rings. The average Bonchev–Trinajstić information content (AvgIpc) is 3.35. The predicted molar refractivity (Wildman–Crippen MR) is 105 cm³/mol. The Labute approximate surface area is 158 Å². The summed E-state index contributed by atoms with van der Waals surface area (Å²) in [5.41, 5.74) is 5.59. The van der Waals surface area contributed by atoms with Crippen molar-refractivity contribution in [2.24, 2.45) is 0 Å². The highest BCUT2D eigenvalue weighted by atomic mass is 16.3. The van der Waals surface area contributed by atoms with Gasteiger partial charge < -0.3 is 15.4 Å². The Bertz CT molecular complexity index is 1050. The number of nitrogens with one attached hydrogen (secondary N) is 2. The molecule has 0 unspecified atom stereocenters. The zero-order valence-electron chi connectivity index (χ0n) is 15.4.